The van der Waals surface area contributed by atoms with Crippen LogP contribution < -0.4 is 0 Å². The summed E-state index contributed by atoms with van der Waals surface area (Å²) in [5.74, 6) is 1.46. The second-order valence-corrected chi connectivity index (χ2v) is 6.82. The number of aliphatic hydroxyl groups excluding tert-OH is 1. The summed E-state index contributed by atoms with van der Waals surface area (Å²) in [4.78, 5) is 2.37. The lowest BCUT2D eigenvalue weighted by Crippen LogP contribution is -2.43. The molecular weight excluding hydrogens is 262 g/mol. The lowest BCUT2D eigenvalue weighted by molar-refractivity contribution is -0.000895. The highest BCUT2D eigenvalue weighted by Crippen LogP contribution is 2.20. The van der Waals surface area contributed by atoms with Gasteiger partial charge in [-0.15, -0.1) is 0 Å². The van der Waals surface area contributed by atoms with Crippen LogP contribution in [0.3, 0.4) is 0 Å². The standard InChI is InChI=1S/C18H29NO2/c1-14-4-6-17(7-5-14)12-21-13-18(20)11-19-9-15(2)8-16(3)10-19/h4-7,15-16,18,20H,8-13H2,1-3H3/t15-,16-,18-/m0/s1. The highest BCUT2D eigenvalue weighted by atomic mass is 16.5. The third-order valence-corrected chi connectivity index (χ3v) is 4.11. The monoisotopic (exact) mass is 291 g/mol. The molecule has 0 aliphatic carbocycles. The molecule has 1 aliphatic rings. The lowest BCUT2D eigenvalue weighted by Gasteiger charge is -2.35. The van der Waals surface area contributed by atoms with E-state index in [9.17, 15) is 5.11 Å². The molecule has 0 unspecified atom stereocenters. The zero-order valence-electron chi connectivity index (χ0n) is 13.6. The molecule has 0 aromatic heterocycles. The van der Waals surface area contributed by atoms with Crippen LogP contribution in [-0.2, 0) is 11.3 Å². The Kier molecular flexibility index (Phi) is 6.22. The first-order valence-corrected chi connectivity index (χ1v) is 8.06. The molecule has 1 aromatic rings. The van der Waals surface area contributed by atoms with Gasteiger partial charge < -0.3 is 14.7 Å². The van der Waals surface area contributed by atoms with Gasteiger partial charge in [-0.1, -0.05) is 43.7 Å². The van der Waals surface area contributed by atoms with Gasteiger partial charge in [0.05, 0.1) is 19.3 Å². The van der Waals surface area contributed by atoms with E-state index in [0.29, 0.717) is 13.2 Å². The van der Waals surface area contributed by atoms with E-state index >= 15 is 0 Å². The molecule has 0 saturated carbocycles. The van der Waals surface area contributed by atoms with E-state index in [2.05, 4.69) is 49.9 Å². The molecule has 0 spiro atoms. The van der Waals surface area contributed by atoms with Crippen LogP contribution >= 0.6 is 0 Å². The molecule has 0 amide bonds. The largest absolute Gasteiger partial charge is 0.389 e. The molecule has 1 saturated heterocycles. The fourth-order valence-corrected chi connectivity index (χ4v) is 3.29. The van der Waals surface area contributed by atoms with Gasteiger partial charge in [0.2, 0.25) is 0 Å². The van der Waals surface area contributed by atoms with Crippen molar-refractivity contribution in [3.05, 3.63) is 35.4 Å². The van der Waals surface area contributed by atoms with Crippen molar-refractivity contribution in [3.63, 3.8) is 0 Å². The second kappa shape index (κ2) is 7.92. The molecule has 21 heavy (non-hydrogen) atoms. The van der Waals surface area contributed by atoms with E-state index in [0.717, 1.165) is 37.0 Å². The van der Waals surface area contributed by atoms with E-state index in [1.165, 1.54) is 12.0 Å². The number of ether oxygens (including phenoxy) is 1. The Balaban J connectivity index is 1.67. The second-order valence-electron chi connectivity index (χ2n) is 6.82. The number of aryl methyl sites for hydroxylation is 1. The minimum absolute atomic E-state index is 0.395. The van der Waals surface area contributed by atoms with Crippen LogP contribution in [0.4, 0.5) is 0 Å². The summed E-state index contributed by atoms with van der Waals surface area (Å²) in [5, 5.41) is 10.1. The summed E-state index contributed by atoms with van der Waals surface area (Å²) < 4.78 is 5.64. The normalized spacial score (nSPS) is 25.0. The molecule has 0 radical (unpaired) electrons. The molecule has 1 aromatic carbocycles. The van der Waals surface area contributed by atoms with Crippen molar-refractivity contribution in [3.8, 4) is 0 Å². The summed E-state index contributed by atoms with van der Waals surface area (Å²) in [6, 6.07) is 8.34. The topological polar surface area (TPSA) is 32.7 Å². The van der Waals surface area contributed by atoms with E-state index in [1.54, 1.807) is 0 Å². The van der Waals surface area contributed by atoms with Crippen molar-refractivity contribution >= 4 is 0 Å². The van der Waals surface area contributed by atoms with Crippen LogP contribution in [0, 0.1) is 18.8 Å². The van der Waals surface area contributed by atoms with Gasteiger partial charge in [-0.25, -0.2) is 0 Å². The van der Waals surface area contributed by atoms with Crippen LogP contribution in [0.25, 0.3) is 0 Å². The van der Waals surface area contributed by atoms with Crippen LogP contribution in [0.5, 0.6) is 0 Å². The summed E-state index contributed by atoms with van der Waals surface area (Å²) in [6.07, 6.45) is 0.907. The Hall–Kier alpha value is -0.900. The number of rotatable bonds is 6. The highest BCUT2D eigenvalue weighted by molar-refractivity contribution is 5.20. The smallest absolute Gasteiger partial charge is 0.0900 e. The number of hydrogen-bond acceptors (Lipinski definition) is 3. The summed E-state index contributed by atoms with van der Waals surface area (Å²) in [6.45, 7) is 10.6. The first kappa shape index (κ1) is 16.5. The number of β-amino-alcohol motifs (C(OH)–C–C–N with tert-alkyl or cyclic N) is 1. The van der Waals surface area contributed by atoms with Crippen molar-refractivity contribution in [2.24, 2.45) is 11.8 Å². The van der Waals surface area contributed by atoms with Crippen molar-refractivity contribution < 1.29 is 9.84 Å². The van der Waals surface area contributed by atoms with E-state index < -0.39 is 6.10 Å². The average Bonchev–Trinajstić information content (AvgIpc) is 2.39. The van der Waals surface area contributed by atoms with Gasteiger partial charge >= 0.3 is 0 Å². The number of likely N-dealkylation sites (tertiary alicyclic amines) is 1. The molecular formula is C18H29NO2. The SMILES string of the molecule is Cc1ccc(COC[C@@H](O)CN2C[C@@H](C)C[C@H](C)C2)cc1. The zero-order chi connectivity index (χ0) is 15.2. The summed E-state index contributed by atoms with van der Waals surface area (Å²) >= 11 is 0. The van der Waals surface area contributed by atoms with Gasteiger partial charge in [0.1, 0.15) is 0 Å². The zero-order valence-corrected chi connectivity index (χ0v) is 13.6. The minimum atomic E-state index is -0.395. The van der Waals surface area contributed by atoms with Crippen molar-refractivity contribution in [2.45, 2.75) is 39.9 Å². The van der Waals surface area contributed by atoms with Gasteiger partial charge in [-0.2, -0.15) is 0 Å². The first-order chi connectivity index (χ1) is 10.0. The Morgan fingerprint density at radius 3 is 2.43 bits per heavy atom. The summed E-state index contributed by atoms with van der Waals surface area (Å²) in [5.41, 5.74) is 2.42. The third-order valence-electron chi connectivity index (χ3n) is 4.11. The Morgan fingerprint density at radius 2 is 1.81 bits per heavy atom. The van der Waals surface area contributed by atoms with Crippen molar-refractivity contribution in [2.75, 3.05) is 26.2 Å². The number of benzene rings is 1. The van der Waals surface area contributed by atoms with Gasteiger partial charge in [0, 0.05) is 19.6 Å². The quantitative estimate of drug-likeness (QED) is 0.875. The lowest BCUT2D eigenvalue weighted by atomic mass is 9.92. The van der Waals surface area contributed by atoms with Gasteiger partial charge in [0.25, 0.3) is 0 Å². The number of aliphatic hydroxyl groups is 1. The molecule has 1 fully saturated rings. The predicted molar refractivity (Wildman–Crippen MR) is 86.2 cm³/mol. The van der Waals surface area contributed by atoms with Gasteiger partial charge in [-0.05, 0) is 30.7 Å². The van der Waals surface area contributed by atoms with Crippen molar-refractivity contribution in [1.29, 1.82) is 0 Å². The number of piperidine rings is 1. The van der Waals surface area contributed by atoms with Gasteiger partial charge in [0.15, 0.2) is 0 Å². The van der Waals surface area contributed by atoms with E-state index in [4.69, 9.17) is 4.74 Å². The molecule has 3 nitrogen and oxygen atoms in total. The molecule has 3 atom stereocenters. The number of hydrogen-bond donors (Lipinski definition) is 1. The Labute approximate surface area is 128 Å². The first-order valence-electron chi connectivity index (χ1n) is 8.06. The molecule has 0 bridgehead atoms. The van der Waals surface area contributed by atoms with Crippen LogP contribution in [0.1, 0.15) is 31.4 Å². The molecule has 3 heteroatoms. The van der Waals surface area contributed by atoms with Crippen LogP contribution in [-0.4, -0.2) is 42.4 Å². The van der Waals surface area contributed by atoms with Crippen molar-refractivity contribution in [1.82, 2.24) is 4.90 Å². The maximum absolute atomic E-state index is 10.1. The average molecular weight is 291 g/mol. The highest BCUT2D eigenvalue weighted by Gasteiger charge is 2.23. The fourth-order valence-electron chi connectivity index (χ4n) is 3.29. The van der Waals surface area contributed by atoms with Gasteiger partial charge in [-0.3, -0.25) is 0 Å². The maximum Gasteiger partial charge on any atom is 0.0900 e. The van der Waals surface area contributed by atoms with Crippen LogP contribution in [0.2, 0.25) is 0 Å². The molecule has 1 aliphatic heterocycles. The van der Waals surface area contributed by atoms with E-state index in [1.807, 2.05) is 0 Å². The van der Waals surface area contributed by atoms with Crippen LogP contribution in [0.15, 0.2) is 24.3 Å². The van der Waals surface area contributed by atoms with E-state index in [-0.39, 0.29) is 0 Å². The third kappa shape index (κ3) is 5.77. The molecule has 118 valence electrons. The Morgan fingerprint density at radius 1 is 1.19 bits per heavy atom. The maximum atomic E-state index is 10.1. The minimum Gasteiger partial charge on any atom is -0.389 e. The summed E-state index contributed by atoms with van der Waals surface area (Å²) in [7, 11) is 0. The molecule has 1 N–H and O–H groups in total. The predicted octanol–water partition coefficient (Wildman–Crippen LogP) is 2.85. The Bertz CT molecular complexity index is 408. The fraction of sp³-hybridized carbons (Fsp3) is 0.667. The molecule has 2 rings (SSSR count). The number of nitrogens with zero attached hydrogens (tertiary/aromatic N) is 1. The molecule has 1 heterocycles.